The Morgan fingerprint density at radius 3 is 2.56 bits per heavy atom. The first-order valence-electron chi connectivity index (χ1n) is 7.93. The summed E-state index contributed by atoms with van der Waals surface area (Å²) >= 11 is 1.62. The first-order valence-corrected chi connectivity index (χ1v) is 8.91. The summed E-state index contributed by atoms with van der Waals surface area (Å²) in [5, 5.41) is 9.59. The van der Waals surface area contributed by atoms with Crippen LogP contribution in [0.5, 0.6) is 11.5 Å². The molecule has 0 atom stereocenters. The molecular weight excluding hydrogens is 334 g/mol. The van der Waals surface area contributed by atoms with Gasteiger partial charge in [0, 0.05) is 23.9 Å². The number of aryl methyl sites for hydroxylation is 1. The fourth-order valence-electron chi connectivity index (χ4n) is 2.64. The number of hydrogen-bond acceptors (Lipinski definition) is 5. The van der Waals surface area contributed by atoms with E-state index in [0.29, 0.717) is 0 Å². The van der Waals surface area contributed by atoms with Gasteiger partial charge in [0.05, 0.1) is 14.2 Å². The molecule has 0 unspecified atom stereocenters. The lowest BCUT2D eigenvalue weighted by molar-refractivity contribution is 0.400. The van der Waals surface area contributed by atoms with E-state index >= 15 is 0 Å². The standard InChI is InChI=1S/C19H21N3O2S/c1-13-7-5-6-8-16(13)18-20-21-19(22(18)2)25-12-14-11-15(23-3)9-10-17(14)24-4/h5-11H,12H2,1-4H3. The van der Waals surface area contributed by atoms with Crippen molar-refractivity contribution in [1.29, 1.82) is 0 Å². The molecule has 0 aliphatic carbocycles. The number of aromatic nitrogens is 3. The Labute approximate surface area is 152 Å². The number of thioether (sulfide) groups is 1. The third-order valence-electron chi connectivity index (χ3n) is 4.07. The number of rotatable bonds is 6. The molecule has 2 aromatic carbocycles. The third-order valence-corrected chi connectivity index (χ3v) is 5.13. The summed E-state index contributed by atoms with van der Waals surface area (Å²) < 4.78 is 12.8. The zero-order valence-electron chi connectivity index (χ0n) is 14.8. The van der Waals surface area contributed by atoms with Crippen molar-refractivity contribution in [3.05, 3.63) is 53.6 Å². The van der Waals surface area contributed by atoms with Crippen molar-refractivity contribution in [2.75, 3.05) is 14.2 Å². The van der Waals surface area contributed by atoms with E-state index < -0.39 is 0 Å². The lowest BCUT2D eigenvalue weighted by Gasteiger charge is -2.10. The van der Waals surface area contributed by atoms with Crippen LogP contribution in [-0.4, -0.2) is 29.0 Å². The van der Waals surface area contributed by atoms with E-state index in [4.69, 9.17) is 9.47 Å². The van der Waals surface area contributed by atoms with Gasteiger partial charge < -0.3 is 14.0 Å². The minimum Gasteiger partial charge on any atom is -0.497 e. The van der Waals surface area contributed by atoms with Crippen LogP contribution in [-0.2, 0) is 12.8 Å². The molecule has 3 rings (SSSR count). The molecule has 25 heavy (non-hydrogen) atoms. The lowest BCUT2D eigenvalue weighted by atomic mass is 10.1. The first-order chi connectivity index (χ1) is 12.1. The summed E-state index contributed by atoms with van der Waals surface area (Å²) in [5.74, 6) is 3.25. The van der Waals surface area contributed by atoms with Gasteiger partial charge >= 0.3 is 0 Å². The SMILES string of the molecule is COc1ccc(OC)c(CSc2nnc(-c3ccccc3C)n2C)c1. The van der Waals surface area contributed by atoms with Gasteiger partial charge in [0.15, 0.2) is 11.0 Å². The minimum atomic E-state index is 0.722. The predicted octanol–water partition coefficient (Wildman–Crippen LogP) is 4.10. The Morgan fingerprint density at radius 2 is 1.84 bits per heavy atom. The maximum atomic E-state index is 5.44. The Balaban J connectivity index is 1.83. The second kappa shape index (κ2) is 7.61. The van der Waals surface area contributed by atoms with Crippen molar-refractivity contribution in [3.8, 4) is 22.9 Å². The van der Waals surface area contributed by atoms with E-state index in [0.717, 1.165) is 39.4 Å². The average molecular weight is 355 g/mol. The highest BCUT2D eigenvalue weighted by Gasteiger charge is 2.14. The lowest BCUT2D eigenvalue weighted by Crippen LogP contribution is -1.97. The largest absolute Gasteiger partial charge is 0.497 e. The van der Waals surface area contributed by atoms with Crippen LogP contribution in [0, 0.1) is 6.92 Å². The number of methoxy groups -OCH3 is 2. The Kier molecular flexibility index (Phi) is 5.28. The molecule has 1 aromatic heterocycles. The van der Waals surface area contributed by atoms with E-state index in [1.165, 1.54) is 5.56 Å². The van der Waals surface area contributed by atoms with Gasteiger partial charge in [-0.05, 0) is 30.7 Å². The predicted molar refractivity (Wildman–Crippen MR) is 100 cm³/mol. The fourth-order valence-corrected chi connectivity index (χ4v) is 3.52. The molecule has 5 nitrogen and oxygen atoms in total. The van der Waals surface area contributed by atoms with Gasteiger partial charge in [-0.1, -0.05) is 36.0 Å². The van der Waals surface area contributed by atoms with Crippen LogP contribution < -0.4 is 9.47 Å². The molecule has 6 heteroatoms. The Bertz CT molecular complexity index is 877. The van der Waals surface area contributed by atoms with Crippen molar-refractivity contribution >= 4 is 11.8 Å². The summed E-state index contributed by atoms with van der Waals surface area (Å²) in [6.07, 6.45) is 0. The normalized spacial score (nSPS) is 10.7. The van der Waals surface area contributed by atoms with Gasteiger partial charge in [-0.15, -0.1) is 10.2 Å². The van der Waals surface area contributed by atoms with Crippen LogP contribution >= 0.6 is 11.8 Å². The van der Waals surface area contributed by atoms with Crippen LogP contribution in [0.3, 0.4) is 0 Å². The molecule has 0 amide bonds. The van der Waals surface area contributed by atoms with Gasteiger partial charge in [0.1, 0.15) is 11.5 Å². The molecular formula is C19H21N3O2S. The van der Waals surface area contributed by atoms with Crippen molar-refractivity contribution in [3.63, 3.8) is 0 Å². The topological polar surface area (TPSA) is 49.2 Å². The molecule has 0 saturated carbocycles. The van der Waals surface area contributed by atoms with Crippen LogP contribution in [0.25, 0.3) is 11.4 Å². The van der Waals surface area contributed by atoms with E-state index in [-0.39, 0.29) is 0 Å². The van der Waals surface area contributed by atoms with Crippen molar-refractivity contribution < 1.29 is 9.47 Å². The van der Waals surface area contributed by atoms with E-state index in [2.05, 4.69) is 29.3 Å². The Morgan fingerprint density at radius 1 is 1.04 bits per heavy atom. The van der Waals surface area contributed by atoms with Gasteiger partial charge in [-0.3, -0.25) is 0 Å². The number of benzene rings is 2. The maximum absolute atomic E-state index is 5.44. The van der Waals surface area contributed by atoms with Crippen LogP contribution in [0.1, 0.15) is 11.1 Å². The van der Waals surface area contributed by atoms with Crippen molar-refractivity contribution in [1.82, 2.24) is 14.8 Å². The molecule has 0 saturated heterocycles. The second-order valence-electron chi connectivity index (χ2n) is 5.65. The molecule has 0 radical (unpaired) electrons. The molecule has 1 heterocycles. The molecule has 0 N–H and O–H groups in total. The van der Waals surface area contributed by atoms with Gasteiger partial charge in [0.25, 0.3) is 0 Å². The summed E-state index contributed by atoms with van der Waals surface area (Å²) in [7, 11) is 5.33. The van der Waals surface area contributed by atoms with Gasteiger partial charge in [0.2, 0.25) is 0 Å². The molecule has 0 fully saturated rings. The number of ether oxygens (including phenoxy) is 2. The minimum absolute atomic E-state index is 0.722. The van der Waals surface area contributed by atoms with Gasteiger partial charge in [-0.2, -0.15) is 0 Å². The van der Waals surface area contributed by atoms with Crippen molar-refractivity contribution in [2.45, 2.75) is 17.8 Å². The molecule has 0 spiro atoms. The monoisotopic (exact) mass is 355 g/mol. The van der Waals surface area contributed by atoms with E-state index in [1.54, 1.807) is 26.0 Å². The van der Waals surface area contributed by atoms with Crippen LogP contribution in [0.4, 0.5) is 0 Å². The maximum Gasteiger partial charge on any atom is 0.191 e. The highest BCUT2D eigenvalue weighted by atomic mass is 32.2. The highest BCUT2D eigenvalue weighted by molar-refractivity contribution is 7.98. The third kappa shape index (κ3) is 3.64. The molecule has 130 valence electrons. The zero-order valence-corrected chi connectivity index (χ0v) is 15.6. The molecule has 3 aromatic rings. The summed E-state index contributed by atoms with van der Waals surface area (Å²) in [6.45, 7) is 2.08. The second-order valence-corrected chi connectivity index (χ2v) is 6.59. The van der Waals surface area contributed by atoms with E-state index in [9.17, 15) is 0 Å². The smallest absolute Gasteiger partial charge is 0.191 e. The Hall–Kier alpha value is -2.47. The summed E-state index contributed by atoms with van der Waals surface area (Å²) in [4.78, 5) is 0. The molecule has 0 aliphatic heterocycles. The van der Waals surface area contributed by atoms with Crippen LogP contribution in [0.15, 0.2) is 47.6 Å². The van der Waals surface area contributed by atoms with Crippen LogP contribution in [0.2, 0.25) is 0 Å². The summed E-state index contributed by atoms with van der Waals surface area (Å²) in [5.41, 5.74) is 3.35. The number of nitrogens with zero attached hydrogens (tertiary/aromatic N) is 3. The van der Waals surface area contributed by atoms with Crippen molar-refractivity contribution in [2.24, 2.45) is 7.05 Å². The quantitative estimate of drug-likeness (QED) is 0.623. The van der Waals surface area contributed by atoms with Gasteiger partial charge in [-0.25, -0.2) is 0 Å². The average Bonchev–Trinajstić information content (AvgIpc) is 3.00. The molecule has 0 aliphatic rings. The summed E-state index contributed by atoms with van der Waals surface area (Å²) in [6, 6.07) is 14.0. The van der Waals surface area contributed by atoms with E-state index in [1.807, 2.05) is 41.9 Å². The number of hydrogen-bond donors (Lipinski definition) is 0. The first kappa shape index (κ1) is 17.4. The zero-order chi connectivity index (χ0) is 17.8. The highest BCUT2D eigenvalue weighted by Crippen LogP contribution is 2.31. The molecule has 0 bridgehead atoms. The fraction of sp³-hybridized carbons (Fsp3) is 0.263.